The quantitative estimate of drug-likeness (QED) is 0.662. The lowest BCUT2D eigenvalue weighted by Crippen LogP contribution is -2.16. The zero-order valence-corrected chi connectivity index (χ0v) is 6.71. The fraction of sp³-hybridized carbons (Fsp3) is 0.222. The van der Waals surface area contributed by atoms with Gasteiger partial charge in [-0.2, -0.15) is 0 Å². The third-order valence-electron chi connectivity index (χ3n) is 1.52. The molecule has 1 aromatic rings. The van der Waals surface area contributed by atoms with E-state index < -0.39 is 6.04 Å². The zero-order valence-electron chi connectivity index (χ0n) is 6.71. The minimum Gasteiger partial charge on any atom is -0.302 e. The van der Waals surface area contributed by atoms with Crippen molar-refractivity contribution < 1.29 is 4.39 Å². The molecule has 0 spiro atoms. The summed E-state index contributed by atoms with van der Waals surface area (Å²) < 4.78 is 13.0. The molecule has 0 aromatic carbocycles. The van der Waals surface area contributed by atoms with Crippen molar-refractivity contribution in [3.8, 4) is 12.3 Å². The molecule has 0 saturated carbocycles. The first-order chi connectivity index (χ1) is 5.79. The summed E-state index contributed by atoms with van der Waals surface area (Å²) in [4.78, 5) is 3.84. The molecule has 0 bridgehead atoms. The van der Waals surface area contributed by atoms with Gasteiger partial charge in [0, 0.05) is 6.20 Å². The van der Waals surface area contributed by atoms with Gasteiger partial charge in [0.15, 0.2) is 0 Å². The van der Waals surface area contributed by atoms with E-state index in [1.54, 1.807) is 7.05 Å². The molecule has 1 rings (SSSR count). The Bertz CT molecular complexity index is 304. The van der Waals surface area contributed by atoms with Crippen LogP contribution in [0.1, 0.15) is 11.7 Å². The minimum atomic E-state index is -0.453. The molecule has 62 valence electrons. The summed E-state index contributed by atoms with van der Waals surface area (Å²) in [5.41, 5.74) is 0.266. The first kappa shape index (κ1) is 8.69. The molecule has 0 saturated heterocycles. The predicted molar refractivity (Wildman–Crippen MR) is 44.8 cm³/mol. The summed E-state index contributed by atoms with van der Waals surface area (Å²) in [6.07, 6.45) is 6.68. The monoisotopic (exact) mass is 164 g/mol. The number of rotatable bonds is 2. The van der Waals surface area contributed by atoms with Gasteiger partial charge in [-0.05, 0) is 19.2 Å². The molecule has 3 heteroatoms. The molecule has 1 N–H and O–H groups in total. The van der Waals surface area contributed by atoms with E-state index in [1.807, 2.05) is 0 Å². The number of hydrogen-bond acceptors (Lipinski definition) is 2. The normalized spacial score (nSPS) is 12.1. The van der Waals surface area contributed by atoms with Crippen molar-refractivity contribution in [3.63, 3.8) is 0 Å². The van der Waals surface area contributed by atoms with Crippen LogP contribution < -0.4 is 5.32 Å². The van der Waals surface area contributed by atoms with Crippen molar-refractivity contribution in [2.45, 2.75) is 6.04 Å². The maximum absolute atomic E-state index is 13.0. The van der Waals surface area contributed by atoms with Crippen molar-refractivity contribution in [3.05, 3.63) is 29.8 Å². The molecule has 0 radical (unpaired) electrons. The maximum atomic E-state index is 13.0. The van der Waals surface area contributed by atoms with Crippen LogP contribution in [-0.4, -0.2) is 12.0 Å². The summed E-state index contributed by atoms with van der Waals surface area (Å²) in [5, 5.41) is 2.77. The Balaban J connectivity index is 3.02. The third-order valence-corrected chi connectivity index (χ3v) is 1.52. The number of halogens is 1. The average molecular weight is 164 g/mol. The maximum Gasteiger partial charge on any atom is 0.147 e. The number of aromatic nitrogens is 1. The molecule has 12 heavy (non-hydrogen) atoms. The highest BCUT2D eigenvalue weighted by Gasteiger charge is 2.11. The van der Waals surface area contributed by atoms with E-state index in [9.17, 15) is 4.39 Å². The molecule has 1 unspecified atom stereocenters. The molecule has 2 nitrogen and oxygen atoms in total. The molecule has 0 amide bonds. The summed E-state index contributed by atoms with van der Waals surface area (Å²) in [6, 6.07) is 2.41. The van der Waals surface area contributed by atoms with Crippen molar-refractivity contribution in [2.24, 2.45) is 0 Å². The number of terminal acetylenes is 1. The molecule has 0 aliphatic rings. The zero-order chi connectivity index (χ0) is 8.97. The van der Waals surface area contributed by atoms with Crippen LogP contribution in [0.15, 0.2) is 18.3 Å². The van der Waals surface area contributed by atoms with Gasteiger partial charge in [0.2, 0.25) is 0 Å². The summed E-state index contributed by atoms with van der Waals surface area (Å²) >= 11 is 0. The third kappa shape index (κ3) is 1.60. The molecule has 1 aromatic heterocycles. The predicted octanol–water partition coefficient (Wildman–Crippen LogP) is 1.11. The Hall–Kier alpha value is -1.40. The summed E-state index contributed by atoms with van der Waals surface area (Å²) in [6.45, 7) is 0. The molecule has 1 heterocycles. The Labute approximate surface area is 70.8 Å². The SMILES string of the molecule is C#CC(NC)c1ncccc1F. The highest BCUT2D eigenvalue weighted by Crippen LogP contribution is 2.11. The van der Waals surface area contributed by atoms with Crippen molar-refractivity contribution in [2.75, 3.05) is 7.05 Å². The Morgan fingerprint density at radius 2 is 2.50 bits per heavy atom. The van der Waals surface area contributed by atoms with E-state index in [0.29, 0.717) is 0 Å². The van der Waals surface area contributed by atoms with Crippen molar-refractivity contribution in [1.82, 2.24) is 10.3 Å². The molecule has 0 aliphatic carbocycles. The first-order valence-corrected chi connectivity index (χ1v) is 3.53. The van der Waals surface area contributed by atoms with Crippen LogP contribution in [0, 0.1) is 18.2 Å². The van der Waals surface area contributed by atoms with Gasteiger partial charge in [-0.25, -0.2) is 4.39 Å². The standard InChI is InChI=1S/C9H9FN2/c1-3-8(11-2)9-7(10)5-4-6-12-9/h1,4-6,8,11H,2H3. The fourth-order valence-electron chi connectivity index (χ4n) is 0.909. The number of nitrogens with one attached hydrogen (secondary N) is 1. The van der Waals surface area contributed by atoms with E-state index in [-0.39, 0.29) is 11.5 Å². The van der Waals surface area contributed by atoms with Gasteiger partial charge in [0.1, 0.15) is 17.6 Å². The van der Waals surface area contributed by atoms with E-state index in [0.717, 1.165) is 0 Å². The number of nitrogens with zero attached hydrogens (tertiary/aromatic N) is 1. The van der Waals surface area contributed by atoms with Crippen LogP contribution in [0.2, 0.25) is 0 Å². The first-order valence-electron chi connectivity index (χ1n) is 3.53. The summed E-state index contributed by atoms with van der Waals surface area (Å²) in [5.74, 6) is 2.02. The van der Waals surface area contributed by atoms with Crippen LogP contribution in [0.25, 0.3) is 0 Å². The fourth-order valence-corrected chi connectivity index (χ4v) is 0.909. The lowest BCUT2D eigenvalue weighted by molar-refractivity contribution is 0.572. The Kier molecular flexibility index (Phi) is 2.78. The second kappa shape index (κ2) is 3.84. The van der Waals surface area contributed by atoms with Gasteiger partial charge < -0.3 is 5.32 Å². The highest BCUT2D eigenvalue weighted by molar-refractivity contribution is 5.19. The molecule has 0 fully saturated rings. The van der Waals surface area contributed by atoms with Crippen LogP contribution >= 0.6 is 0 Å². The highest BCUT2D eigenvalue weighted by atomic mass is 19.1. The van der Waals surface area contributed by atoms with Crippen LogP contribution in [0.4, 0.5) is 4.39 Å². The van der Waals surface area contributed by atoms with Gasteiger partial charge in [-0.3, -0.25) is 4.98 Å². The van der Waals surface area contributed by atoms with Crippen LogP contribution in [-0.2, 0) is 0 Å². The molecular formula is C9H9FN2. The smallest absolute Gasteiger partial charge is 0.147 e. The van der Waals surface area contributed by atoms with E-state index in [4.69, 9.17) is 6.42 Å². The molecule has 1 atom stereocenters. The lowest BCUT2D eigenvalue weighted by atomic mass is 10.2. The molecule has 0 aliphatic heterocycles. The number of hydrogen-bond donors (Lipinski definition) is 1. The Morgan fingerprint density at radius 1 is 1.75 bits per heavy atom. The van der Waals surface area contributed by atoms with Gasteiger partial charge in [-0.1, -0.05) is 5.92 Å². The topological polar surface area (TPSA) is 24.9 Å². The second-order valence-electron chi connectivity index (χ2n) is 2.26. The van der Waals surface area contributed by atoms with Crippen molar-refractivity contribution >= 4 is 0 Å². The van der Waals surface area contributed by atoms with Crippen LogP contribution in [0.3, 0.4) is 0 Å². The van der Waals surface area contributed by atoms with Gasteiger partial charge >= 0.3 is 0 Å². The molecular weight excluding hydrogens is 155 g/mol. The Morgan fingerprint density at radius 3 is 3.00 bits per heavy atom. The van der Waals surface area contributed by atoms with Gasteiger partial charge in [-0.15, -0.1) is 6.42 Å². The average Bonchev–Trinajstić information content (AvgIpc) is 2.10. The summed E-state index contributed by atoms with van der Waals surface area (Å²) in [7, 11) is 1.67. The largest absolute Gasteiger partial charge is 0.302 e. The van der Waals surface area contributed by atoms with Crippen molar-refractivity contribution in [1.29, 1.82) is 0 Å². The second-order valence-corrected chi connectivity index (χ2v) is 2.26. The number of pyridine rings is 1. The van der Waals surface area contributed by atoms with Gasteiger partial charge in [0.25, 0.3) is 0 Å². The minimum absolute atomic E-state index is 0.266. The van der Waals surface area contributed by atoms with Crippen LogP contribution in [0.5, 0.6) is 0 Å². The van der Waals surface area contributed by atoms with E-state index in [1.165, 1.54) is 18.3 Å². The van der Waals surface area contributed by atoms with Gasteiger partial charge in [0.05, 0.1) is 0 Å². The lowest BCUT2D eigenvalue weighted by Gasteiger charge is -2.08. The van der Waals surface area contributed by atoms with E-state index >= 15 is 0 Å². The van der Waals surface area contributed by atoms with E-state index in [2.05, 4.69) is 16.2 Å².